The second-order valence-electron chi connectivity index (χ2n) is 4.48. The lowest BCUT2D eigenvalue weighted by molar-refractivity contribution is 0.0905. The van der Waals surface area contributed by atoms with Gasteiger partial charge in [0.15, 0.2) is 5.78 Å². The Bertz CT molecular complexity index is 449. The number of hydrogen-bond acceptors (Lipinski definition) is 5. The van der Waals surface area contributed by atoms with Gasteiger partial charge in [-0.25, -0.2) is 0 Å². The van der Waals surface area contributed by atoms with Crippen LogP contribution in [0.3, 0.4) is 0 Å². The van der Waals surface area contributed by atoms with Crippen LogP contribution in [0.5, 0.6) is 0 Å². The smallest absolute Gasteiger partial charge is 0.198 e. The van der Waals surface area contributed by atoms with Crippen molar-refractivity contribution in [3.63, 3.8) is 0 Å². The molecule has 1 aliphatic heterocycles. The molecule has 0 spiro atoms. The van der Waals surface area contributed by atoms with Crippen LogP contribution in [-0.4, -0.2) is 55.1 Å². The predicted octanol–water partition coefficient (Wildman–Crippen LogP) is 0.852. The first-order valence-corrected chi connectivity index (χ1v) is 6.97. The number of ketones is 1. The van der Waals surface area contributed by atoms with E-state index in [0.29, 0.717) is 31.8 Å². The Morgan fingerprint density at radius 3 is 3.05 bits per heavy atom. The molecule has 1 aromatic rings. The zero-order chi connectivity index (χ0) is 13.8. The van der Waals surface area contributed by atoms with Crippen molar-refractivity contribution in [3.8, 4) is 0 Å². The maximum atomic E-state index is 12.5. The topological polar surface area (TPSA) is 65.4 Å². The molecule has 0 aromatic carbocycles. The summed E-state index contributed by atoms with van der Waals surface area (Å²) >= 11 is 3.38. The quantitative estimate of drug-likeness (QED) is 0.783. The molecule has 2 heterocycles. The Morgan fingerprint density at radius 2 is 2.42 bits per heavy atom. The highest BCUT2D eigenvalue weighted by Crippen LogP contribution is 2.21. The third-order valence-electron chi connectivity index (χ3n) is 3.28. The van der Waals surface area contributed by atoms with Crippen molar-refractivity contribution in [1.82, 2.24) is 15.1 Å². The maximum absolute atomic E-state index is 12.5. The molecule has 106 valence electrons. The lowest BCUT2D eigenvalue weighted by atomic mass is 10.1. The molecular weight excluding hydrogens is 314 g/mol. The molecule has 1 aliphatic rings. The van der Waals surface area contributed by atoms with Crippen molar-refractivity contribution in [1.29, 1.82) is 0 Å². The van der Waals surface area contributed by atoms with Crippen LogP contribution in [0.15, 0.2) is 10.7 Å². The molecule has 2 atom stereocenters. The lowest BCUT2D eigenvalue weighted by Crippen LogP contribution is -2.32. The van der Waals surface area contributed by atoms with Crippen molar-refractivity contribution < 1.29 is 14.3 Å². The number of hydrogen-bond donors (Lipinski definition) is 1. The highest BCUT2D eigenvalue weighted by molar-refractivity contribution is 9.10. The van der Waals surface area contributed by atoms with Crippen molar-refractivity contribution in [2.24, 2.45) is 0 Å². The Morgan fingerprint density at radius 1 is 1.63 bits per heavy atom. The Kier molecular flexibility index (Phi) is 5.09. The van der Waals surface area contributed by atoms with E-state index in [4.69, 9.17) is 9.47 Å². The van der Waals surface area contributed by atoms with Crippen molar-refractivity contribution in [2.75, 3.05) is 27.4 Å². The van der Waals surface area contributed by atoms with E-state index in [-0.39, 0.29) is 17.9 Å². The number of carbonyl (C=O) groups is 1. The van der Waals surface area contributed by atoms with E-state index < -0.39 is 0 Å². The van der Waals surface area contributed by atoms with Gasteiger partial charge in [0.05, 0.1) is 36.0 Å². The summed E-state index contributed by atoms with van der Waals surface area (Å²) in [7, 11) is 3.29. The Balaban J connectivity index is 2.12. The molecule has 1 fully saturated rings. The van der Waals surface area contributed by atoms with Gasteiger partial charge in [0.1, 0.15) is 5.69 Å². The van der Waals surface area contributed by atoms with Gasteiger partial charge in [0.25, 0.3) is 0 Å². The molecule has 0 radical (unpaired) electrons. The van der Waals surface area contributed by atoms with Gasteiger partial charge in [0.2, 0.25) is 0 Å². The van der Waals surface area contributed by atoms with E-state index in [2.05, 4.69) is 26.3 Å². The van der Waals surface area contributed by atoms with Gasteiger partial charge >= 0.3 is 0 Å². The zero-order valence-corrected chi connectivity index (χ0v) is 12.6. The van der Waals surface area contributed by atoms with E-state index >= 15 is 0 Å². The van der Waals surface area contributed by atoms with E-state index in [1.54, 1.807) is 25.1 Å². The number of halogens is 1. The number of methoxy groups -OCH3 is 2. The number of rotatable bonds is 6. The third-order valence-corrected chi connectivity index (χ3v) is 3.86. The molecule has 7 heteroatoms. The summed E-state index contributed by atoms with van der Waals surface area (Å²) in [5, 5.41) is 7.38. The molecular formula is C12H18BrN3O3. The van der Waals surface area contributed by atoms with Crippen molar-refractivity contribution in [3.05, 3.63) is 16.4 Å². The SMILES string of the molecule is COCCn1ncc(Br)c1C(=O)C1CC(OC)CN1. The fourth-order valence-electron chi connectivity index (χ4n) is 2.20. The minimum absolute atomic E-state index is 0.0417. The first kappa shape index (κ1) is 14.6. The number of Topliss-reactive ketones (excluding diaryl/α,β-unsaturated/α-hetero) is 1. The standard InChI is InChI=1S/C12H18BrN3O3/c1-18-4-3-16-11(9(13)7-15-16)12(17)10-5-8(19-2)6-14-10/h7-8,10,14H,3-6H2,1-2H3. The van der Waals surface area contributed by atoms with Crippen LogP contribution in [0.2, 0.25) is 0 Å². The van der Waals surface area contributed by atoms with Crippen LogP contribution in [0.1, 0.15) is 16.9 Å². The van der Waals surface area contributed by atoms with Crippen LogP contribution in [-0.2, 0) is 16.0 Å². The molecule has 19 heavy (non-hydrogen) atoms. The number of nitrogens with one attached hydrogen (secondary N) is 1. The van der Waals surface area contributed by atoms with Crippen LogP contribution in [0.4, 0.5) is 0 Å². The van der Waals surface area contributed by atoms with Crippen molar-refractivity contribution >= 4 is 21.7 Å². The molecule has 1 saturated heterocycles. The number of aromatic nitrogens is 2. The second kappa shape index (κ2) is 6.60. The number of carbonyl (C=O) groups excluding carboxylic acids is 1. The lowest BCUT2D eigenvalue weighted by Gasteiger charge is -2.12. The normalized spacial score (nSPS) is 22.9. The highest BCUT2D eigenvalue weighted by Gasteiger charge is 2.32. The first-order chi connectivity index (χ1) is 9.17. The molecule has 2 rings (SSSR count). The predicted molar refractivity (Wildman–Crippen MR) is 73.3 cm³/mol. The van der Waals surface area contributed by atoms with Gasteiger partial charge in [-0.1, -0.05) is 0 Å². The molecule has 0 bridgehead atoms. The van der Waals surface area contributed by atoms with Crippen molar-refractivity contribution in [2.45, 2.75) is 25.1 Å². The molecule has 1 N–H and O–H groups in total. The van der Waals surface area contributed by atoms with Crippen LogP contribution in [0, 0.1) is 0 Å². The average molecular weight is 332 g/mol. The van der Waals surface area contributed by atoms with E-state index in [1.165, 1.54) is 0 Å². The van der Waals surface area contributed by atoms with Crippen LogP contribution < -0.4 is 5.32 Å². The minimum atomic E-state index is -0.209. The van der Waals surface area contributed by atoms with Gasteiger partial charge in [-0.2, -0.15) is 5.10 Å². The average Bonchev–Trinajstić information content (AvgIpc) is 3.02. The molecule has 2 unspecified atom stereocenters. The van der Waals surface area contributed by atoms with Crippen LogP contribution >= 0.6 is 15.9 Å². The van der Waals surface area contributed by atoms with Gasteiger partial charge in [0, 0.05) is 20.8 Å². The van der Waals surface area contributed by atoms with Crippen LogP contribution in [0.25, 0.3) is 0 Å². The largest absolute Gasteiger partial charge is 0.383 e. The maximum Gasteiger partial charge on any atom is 0.198 e. The van der Waals surface area contributed by atoms with Gasteiger partial charge in [-0.15, -0.1) is 0 Å². The van der Waals surface area contributed by atoms with Gasteiger partial charge in [-0.3, -0.25) is 9.48 Å². The molecule has 6 nitrogen and oxygen atoms in total. The third kappa shape index (κ3) is 3.22. The first-order valence-electron chi connectivity index (χ1n) is 6.18. The summed E-state index contributed by atoms with van der Waals surface area (Å²) < 4.78 is 12.7. The number of nitrogens with zero attached hydrogens (tertiary/aromatic N) is 2. The fraction of sp³-hybridized carbons (Fsp3) is 0.667. The molecule has 0 saturated carbocycles. The van der Waals surface area contributed by atoms with Gasteiger partial charge in [-0.05, 0) is 22.4 Å². The van der Waals surface area contributed by atoms with Gasteiger partial charge < -0.3 is 14.8 Å². The summed E-state index contributed by atoms with van der Waals surface area (Å²) in [6.07, 6.45) is 2.44. The summed E-state index contributed by atoms with van der Waals surface area (Å²) in [6.45, 7) is 1.79. The van der Waals surface area contributed by atoms with E-state index in [1.807, 2.05) is 0 Å². The highest BCUT2D eigenvalue weighted by atomic mass is 79.9. The summed E-state index contributed by atoms with van der Waals surface area (Å²) in [6, 6.07) is -0.209. The Labute approximate surface area is 120 Å². The molecule has 0 aliphatic carbocycles. The molecule has 1 aromatic heterocycles. The summed E-state index contributed by atoms with van der Waals surface area (Å²) in [4.78, 5) is 12.5. The monoisotopic (exact) mass is 331 g/mol. The van der Waals surface area contributed by atoms with E-state index in [9.17, 15) is 4.79 Å². The minimum Gasteiger partial charge on any atom is -0.383 e. The number of ether oxygens (including phenoxy) is 2. The summed E-state index contributed by atoms with van der Waals surface area (Å²) in [5.41, 5.74) is 0.589. The molecule has 0 amide bonds. The second-order valence-corrected chi connectivity index (χ2v) is 5.33. The zero-order valence-electron chi connectivity index (χ0n) is 11.1. The fourth-order valence-corrected chi connectivity index (χ4v) is 2.69. The van der Waals surface area contributed by atoms with E-state index in [0.717, 1.165) is 4.47 Å². The summed E-state index contributed by atoms with van der Waals surface area (Å²) in [5.74, 6) is 0.0417. The Hall–Kier alpha value is -0.760.